The molecule has 7 nitrogen and oxygen atoms in total. The maximum atomic E-state index is 12.0. The van der Waals surface area contributed by atoms with E-state index in [1.165, 1.54) is 18.2 Å². The Morgan fingerprint density at radius 2 is 2.05 bits per heavy atom. The maximum absolute atomic E-state index is 12.0. The van der Waals surface area contributed by atoms with Gasteiger partial charge >= 0.3 is 5.69 Å². The number of nitrogens with one attached hydrogen (secondary N) is 1. The lowest BCUT2D eigenvalue weighted by Crippen LogP contribution is -2.14. The molecular weight excluding hydrogens is 296 g/mol. The highest BCUT2D eigenvalue weighted by Crippen LogP contribution is 2.32. The number of hydrogen-bond acceptors (Lipinski definition) is 6. The second-order valence-corrected chi connectivity index (χ2v) is 6.66. The van der Waals surface area contributed by atoms with Gasteiger partial charge in [-0.05, 0) is 18.6 Å². The topological polar surface area (TPSA) is 110 Å². The minimum atomic E-state index is -3.88. The number of nitrogens with zero attached hydrogens (tertiary/aromatic N) is 1. The van der Waals surface area contributed by atoms with Crippen molar-refractivity contribution in [3.05, 3.63) is 28.3 Å². The van der Waals surface area contributed by atoms with Crippen LogP contribution in [0.2, 0.25) is 0 Å². The normalized spacial score (nSPS) is 11.3. The van der Waals surface area contributed by atoms with Gasteiger partial charge in [0.25, 0.3) is 0 Å². The SMILES string of the molecule is CCCCCNc1cccc(S(=O)(=O)CCO)c1[N+](=O)[O-]. The van der Waals surface area contributed by atoms with Crippen LogP contribution in [0.15, 0.2) is 23.1 Å². The van der Waals surface area contributed by atoms with Crippen molar-refractivity contribution < 1.29 is 18.4 Å². The molecule has 0 bridgehead atoms. The van der Waals surface area contributed by atoms with Crippen molar-refractivity contribution >= 4 is 21.2 Å². The van der Waals surface area contributed by atoms with E-state index in [-0.39, 0.29) is 10.6 Å². The molecule has 0 fully saturated rings. The molecule has 2 N–H and O–H groups in total. The first-order chi connectivity index (χ1) is 9.94. The second kappa shape index (κ2) is 7.94. The summed E-state index contributed by atoms with van der Waals surface area (Å²) < 4.78 is 24.0. The summed E-state index contributed by atoms with van der Waals surface area (Å²) >= 11 is 0. The molecule has 0 saturated carbocycles. The van der Waals surface area contributed by atoms with Gasteiger partial charge in [-0.1, -0.05) is 25.8 Å². The molecule has 0 aliphatic rings. The fourth-order valence-electron chi connectivity index (χ4n) is 1.93. The third-order valence-corrected chi connectivity index (χ3v) is 4.69. The molecule has 1 aromatic carbocycles. The summed E-state index contributed by atoms with van der Waals surface area (Å²) in [7, 11) is -3.88. The van der Waals surface area contributed by atoms with Crippen molar-refractivity contribution in [2.24, 2.45) is 0 Å². The molecule has 0 radical (unpaired) electrons. The fraction of sp³-hybridized carbons (Fsp3) is 0.538. The number of sulfone groups is 1. The summed E-state index contributed by atoms with van der Waals surface area (Å²) in [5.41, 5.74) is -0.266. The van der Waals surface area contributed by atoms with Gasteiger partial charge in [-0.25, -0.2) is 8.42 Å². The number of rotatable bonds is 9. The van der Waals surface area contributed by atoms with Crippen LogP contribution in [0.1, 0.15) is 26.2 Å². The lowest BCUT2D eigenvalue weighted by Gasteiger charge is -2.10. The van der Waals surface area contributed by atoms with E-state index in [0.717, 1.165) is 19.3 Å². The molecule has 0 amide bonds. The molecule has 118 valence electrons. The van der Waals surface area contributed by atoms with E-state index in [4.69, 9.17) is 5.11 Å². The Morgan fingerprint density at radius 1 is 1.33 bits per heavy atom. The molecular formula is C13H20N2O5S. The Morgan fingerprint density at radius 3 is 2.62 bits per heavy atom. The fourth-order valence-corrected chi connectivity index (χ4v) is 3.16. The average molecular weight is 316 g/mol. The van der Waals surface area contributed by atoms with Crippen molar-refractivity contribution in [3.63, 3.8) is 0 Å². The van der Waals surface area contributed by atoms with Crippen LogP contribution in [0.4, 0.5) is 11.4 Å². The first-order valence-corrected chi connectivity index (χ1v) is 8.44. The van der Waals surface area contributed by atoms with Crippen molar-refractivity contribution in [2.75, 3.05) is 24.2 Å². The number of nitro benzene ring substituents is 1. The molecule has 8 heteroatoms. The molecule has 0 aliphatic heterocycles. The number of benzene rings is 1. The van der Waals surface area contributed by atoms with E-state index >= 15 is 0 Å². The van der Waals surface area contributed by atoms with Gasteiger partial charge in [-0.15, -0.1) is 0 Å². The van der Waals surface area contributed by atoms with Crippen LogP contribution in [0, 0.1) is 10.1 Å². The quantitative estimate of drug-likeness (QED) is 0.409. The minimum Gasteiger partial charge on any atom is -0.395 e. The number of para-hydroxylation sites is 1. The zero-order valence-electron chi connectivity index (χ0n) is 11.9. The molecule has 1 rings (SSSR count). The monoisotopic (exact) mass is 316 g/mol. The molecule has 21 heavy (non-hydrogen) atoms. The molecule has 0 saturated heterocycles. The van der Waals surface area contributed by atoms with Crippen LogP contribution in [-0.4, -0.2) is 37.4 Å². The highest BCUT2D eigenvalue weighted by Gasteiger charge is 2.28. The summed E-state index contributed by atoms with van der Waals surface area (Å²) in [5.74, 6) is -0.535. The second-order valence-electron chi connectivity index (χ2n) is 4.59. The van der Waals surface area contributed by atoms with Gasteiger partial charge in [-0.2, -0.15) is 0 Å². The lowest BCUT2D eigenvalue weighted by molar-refractivity contribution is -0.386. The zero-order valence-corrected chi connectivity index (χ0v) is 12.7. The lowest BCUT2D eigenvalue weighted by atomic mass is 10.2. The van der Waals surface area contributed by atoms with Crippen LogP contribution >= 0.6 is 0 Å². The van der Waals surface area contributed by atoms with Crippen molar-refractivity contribution in [2.45, 2.75) is 31.1 Å². The summed E-state index contributed by atoms with van der Waals surface area (Å²) in [6, 6.07) is 4.14. The van der Waals surface area contributed by atoms with E-state index < -0.39 is 32.8 Å². The Hall–Kier alpha value is -1.67. The average Bonchev–Trinajstić information content (AvgIpc) is 2.43. The Kier molecular flexibility index (Phi) is 6.57. The van der Waals surface area contributed by atoms with Crippen molar-refractivity contribution in [1.82, 2.24) is 0 Å². The standard InChI is InChI=1S/C13H20N2O5S/c1-2-3-4-8-14-11-6-5-7-12(13(11)15(17)18)21(19,20)10-9-16/h5-7,14,16H,2-4,8-10H2,1H3. The number of aliphatic hydroxyl groups excluding tert-OH is 1. The molecule has 1 aromatic rings. The van der Waals surface area contributed by atoms with Crippen LogP contribution in [0.3, 0.4) is 0 Å². The molecule has 0 aromatic heterocycles. The van der Waals surface area contributed by atoms with Crippen molar-refractivity contribution in [3.8, 4) is 0 Å². The van der Waals surface area contributed by atoms with Crippen LogP contribution in [-0.2, 0) is 9.84 Å². The molecule has 0 atom stereocenters. The highest BCUT2D eigenvalue weighted by atomic mass is 32.2. The maximum Gasteiger partial charge on any atom is 0.310 e. The third kappa shape index (κ3) is 4.68. The number of nitro groups is 1. The Labute approximate surface area is 124 Å². The summed E-state index contributed by atoms with van der Waals surface area (Å²) in [4.78, 5) is 10.2. The van der Waals surface area contributed by atoms with Gasteiger partial charge in [0.05, 0.1) is 17.3 Å². The number of anilines is 1. The van der Waals surface area contributed by atoms with E-state index in [1.807, 2.05) is 6.92 Å². The smallest absolute Gasteiger partial charge is 0.310 e. The van der Waals surface area contributed by atoms with Crippen molar-refractivity contribution in [1.29, 1.82) is 0 Å². The van der Waals surface area contributed by atoms with Crippen LogP contribution in [0.5, 0.6) is 0 Å². The van der Waals surface area contributed by atoms with Gasteiger partial charge in [0.2, 0.25) is 0 Å². The van der Waals surface area contributed by atoms with Gasteiger partial charge in [0, 0.05) is 6.54 Å². The first kappa shape index (κ1) is 17.4. The minimum absolute atomic E-state index is 0.190. The predicted molar refractivity (Wildman–Crippen MR) is 80.2 cm³/mol. The van der Waals surface area contributed by atoms with Gasteiger partial charge in [0.1, 0.15) is 10.6 Å². The van der Waals surface area contributed by atoms with Gasteiger partial charge in [-0.3, -0.25) is 10.1 Å². The van der Waals surface area contributed by atoms with E-state index in [0.29, 0.717) is 6.54 Å². The molecule has 0 unspecified atom stereocenters. The van der Waals surface area contributed by atoms with E-state index in [9.17, 15) is 18.5 Å². The summed E-state index contributed by atoms with van der Waals surface area (Å²) in [6.45, 7) is 2.01. The zero-order chi connectivity index (χ0) is 15.9. The van der Waals surface area contributed by atoms with E-state index in [2.05, 4.69) is 5.32 Å². The number of unbranched alkanes of at least 4 members (excludes halogenated alkanes) is 2. The highest BCUT2D eigenvalue weighted by molar-refractivity contribution is 7.91. The summed E-state index contributed by atoms with van der Waals surface area (Å²) in [6.07, 6.45) is 2.86. The number of hydrogen-bond donors (Lipinski definition) is 2. The first-order valence-electron chi connectivity index (χ1n) is 6.79. The predicted octanol–water partition coefficient (Wildman–Crippen LogP) is 1.96. The Balaban J connectivity index is 3.13. The molecule has 0 aliphatic carbocycles. The Bertz CT molecular complexity index is 586. The van der Waals surface area contributed by atoms with E-state index in [1.54, 1.807) is 0 Å². The summed E-state index contributed by atoms with van der Waals surface area (Å²) in [5, 5.41) is 22.9. The third-order valence-electron chi connectivity index (χ3n) is 2.97. The molecule has 0 heterocycles. The van der Waals surface area contributed by atoms with Gasteiger partial charge < -0.3 is 10.4 Å². The molecule has 0 spiro atoms. The van der Waals surface area contributed by atoms with Crippen LogP contribution in [0.25, 0.3) is 0 Å². The number of aliphatic hydroxyl groups is 1. The van der Waals surface area contributed by atoms with Gasteiger partial charge in [0.15, 0.2) is 9.84 Å². The largest absolute Gasteiger partial charge is 0.395 e. The van der Waals surface area contributed by atoms with Crippen LogP contribution < -0.4 is 5.32 Å².